The third-order valence-electron chi connectivity index (χ3n) is 4.24. The molecule has 2 aliphatic rings. The van der Waals surface area contributed by atoms with Crippen molar-refractivity contribution in [3.8, 4) is 5.75 Å². The number of rotatable bonds is 1. The zero-order chi connectivity index (χ0) is 18.3. The van der Waals surface area contributed by atoms with Crippen molar-refractivity contribution in [1.29, 1.82) is 0 Å². The van der Waals surface area contributed by atoms with E-state index in [4.69, 9.17) is 17.3 Å². The van der Waals surface area contributed by atoms with Gasteiger partial charge in [-0.25, -0.2) is 9.38 Å². The minimum atomic E-state index is -0.606. The minimum absolute atomic E-state index is 0.0373. The van der Waals surface area contributed by atoms with Gasteiger partial charge in [0.05, 0.1) is 16.3 Å². The van der Waals surface area contributed by atoms with Crippen molar-refractivity contribution in [3.05, 3.63) is 51.7 Å². The third-order valence-corrected chi connectivity index (χ3v) is 4.80. The van der Waals surface area contributed by atoms with Crippen LogP contribution in [0.1, 0.15) is 24.2 Å². The van der Waals surface area contributed by atoms with Gasteiger partial charge in [0, 0.05) is 36.5 Å². The van der Waals surface area contributed by atoms with Crippen molar-refractivity contribution < 1.29 is 14.3 Å². The SMILES string of the molecule is CC1=N/C(=C2\CN(C(=O)c3ccc(F)cc3O)CC2N)NC(C)=C1Cl. The lowest BCUT2D eigenvalue weighted by Crippen LogP contribution is -2.32. The normalized spacial score (nSPS) is 23.6. The van der Waals surface area contributed by atoms with E-state index >= 15 is 0 Å². The van der Waals surface area contributed by atoms with Crippen LogP contribution in [0.2, 0.25) is 0 Å². The molecule has 1 saturated heterocycles. The lowest BCUT2D eigenvalue weighted by Gasteiger charge is -2.19. The molecule has 0 bridgehead atoms. The van der Waals surface area contributed by atoms with Crippen LogP contribution in [0.4, 0.5) is 4.39 Å². The Morgan fingerprint density at radius 1 is 1.48 bits per heavy atom. The highest BCUT2D eigenvalue weighted by molar-refractivity contribution is 6.43. The quantitative estimate of drug-likeness (QED) is 0.711. The van der Waals surface area contributed by atoms with Gasteiger partial charge in [0.1, 0.15) is 17.4 Å². The predicted octanol–water partition coefficient (Wildman–Crippen LogP) is 2.06. The van der Waals surface area contributed by atoms with Gasteiger partial charge in [-0.2, -0.15) is 0 Å². The highest BCUT2D eigenvalue weighted by Crippen LogP contribution is 2.27. The molecule has 0 aromatic heterocycles. The first-order valence-electron chi connectivity index (χ1n) is 7.73. The summed E-state index contributed by atoms with van der Waals surface area (Å²) >= 11 is 6.12. The first-order chi connectivity index (χ1) is 11.8. The number of carbonyl (C=O) groups excluding carboxylic acids is 1. The molecule has 2 heterocycles. The number of benzene rings is 1. The van der Waals surface area contributed by atoms with Crippen molar-refractivity contribution >= 4 is 23.2 Å². The fourth-order valence-corrected chi connectivity index (χ4v) is 2.99. The van der Waals surface area contributed by atoms with E-state index in [0.717, 1.165) is 23.4 Å². The standard InChI is InChI=1S/C17H18ClFN4O2/c1-8-15(18)9(2)22-16(21-8)12-6-23(7-13(12)20)17(25)11-4-3-10(19)5-14(11)24/h3-5,13,21,24H,6-7,20H2,1-2H3/b16-12+. The van der Waals surface area contributed by atoms with Crippen molar-refractivity contribution in [3.63, 3.8) is 0 Å². The summed E-state index contributed by atoms with van der Waals surface area (Å²) < 4.78 is 13.1. The molecular formula is C17H18ClFN4O2. The van der Waals surface area contributed by atoms with E-state index < -0.39 is 23.5 Å². The van der Waals surface area contributed by atoms with Crippen LogP contribution in [0.15, 0.2) is 45.3 Å². The Hall–Kier alpha value is -2.38. The molecule has 2 aliphatic heterocycles. The number of nitrogens with one attached hydrogen (secondary N) is 1. The molecule has 1 amide bonds. The maximum absolute atomic E-state index is 13.1. The number of halogens is 2. The summed E-state index contributed by atoms with van der Waals surface area (Å²) in [5.41, 5.74) is 8.43. The molecule has 25 heavy (non-hydrogen) atoms. The summed E-state index contributed by atoms with van der Waals surface area (Å²) in [6.07, 6.45) is 0. The average Bonchev–Trinajstić information content (AvgIpc) is 2.93. The highest BCUT2D eigenvalue weighted by Gasteiger charge is 2.33. The van der Waals surface area contributed by atoms with Gasteiger partial charge in [-0.15, -0.1) is 0 Å². The number of amides is 1. The van der Waals surface area contributed by atoms with Crippen LogP contribution < -0.4 is 11.1 Å². The van der Waals surface area contributed by atoms with E-state index in [1.54, 1.807) is 6.92 Å². The first-order valence-corrected chi connectivity index (χ1v) is 8.11. The van der Waals surface area contributed by atoms with Gasteiger partial charge in [-0.3, -0.25) is 4.79 Å². The molecular weight excluding hydrogens is 347 g/mol. The number of aromatic hydroxyl groups is 1. The number of hydrogen-bond acceptors (Lipinski definition) is 5. The molecule has 6 nitrogen and oxygen atoms in total. The molecule has 1 unspecified atom stereocenters. The second-order valence-electron chi connectivity index (χ2n) is 6.09. The summed E-state index contributed by atoms with van der Waals surface area (Å²) in [6, 6.07) is 2.91. The van der Waals surface area contributed by atoms with E-state index in [-0.39, 0.29) is 18.7 Å². The number of phenols is 1. The first kappa shape index (κ1) is 17.4. The molecule has 8 heteroatoms. The lowest BCUT2D eigenvalue weighted by atomic mass is 10.1. The Bertz CT molecular complexity index is 847. The summed E-state index contributed by atoms with van der Waals surface area (Å²) in [7, 11) is 0. The Kier molecular flexibility index (Phi) is 4.53. The number of allylic oxidation sites excluding steroid dienone is 2. The smallest absolute Gasteiger partial charge is 0.257 e. The number of likely N-dealkylation sites (tertiary alicyclic amines) is 1. The second kappa shape index (κ2) is 6.50. The van der Waals surface area contributed by atoms with Crippen LogP contribution in [0, 0.1) is 5.82 Å². The van der Waals surface area contributed by atoms with E-state index in [2.05, 4.69) is 10.3 Å². The van der Waals surface area contributed by atoms with Crippen LogP contribution in [-0.2, 0) is 0 Å². The van der Waals surface area contributed by atoms with Gasteiger partial charge in [-0.05, 0) is 26.0 Å². The summed E-state index contributed by atoms with van der Waals surface area (Å²) in [4.78, 5) is 18.5. The fourth-order valence-electron chi connectivity index (χ4n) is 2.90. The van der Waals surface area contributed by atoms with Crippen molar-refractivity contribution in [1.82, 2.24) is 10.2 Å². The molecule has 132 valence electrons. The zero-order valence-electron chi connectivity index (χ0n) is 13.8. The topological polar surface area (TPSA) is 91.0 Å². The molecule has 3 rings (SSSR count). The molecule has 0 spiro atoms. The molecule has 1 aromatic carbocycles. The second-order valence-corrected chi connectivity index (χ2v) is 6.47. The molecule has 1 atom stereocenters. The molecule has 1 fully saturated rings. The van der Waals surface area contributed by atoms with Crippen molar-refractivity contribution in [2.24, 2.45) is 10.7 Å². The van der Waals surface area contributed by atoms with Crippen molar-refractivity contribution in [2.45, 2.75) is 19.9 Å². The lowest BCUT2D eigenvalue weighted by molar-refractivity contribution is 0.0790. The molecule has 0 aliphatic carbocycles. The number of carbonyl (C=O) groups is 1. The number of hydrogen-bond donors (Lipinski definition) is 3. The van der Waals surface area contributed by atoms with E-state index in [1.807, 2.05) is 6.92 Å². The van der Waals surface area contributed by atoms with Gasteiger partial charge in [0.15, 0.2) is 0 Å². The number of nitrogens with zero attached hydrogens (tertiary/aromatic N) is 2. The van der Waals surface area contributed by atoms with E-state index in [9.17, 15) is 14.3 Å². The predicted molar refractivity (Wildman–Crippen MR) is 93.8 cm³/mol. The number of nitrogens with two attached hydrogens (primary N) is 1. The monoisotopic (exact) mass is 364 g/mol. The van der Waals surface area contributed by atoms with Gasteiger partial charge in [0.25, 0.3) is 5.91 Å². The van der Waals surface area contributed by atoms with Crippen molar-refractivity contribution in [2.75, 3.05) is 13.1 Å². The summed E-state index contributed by atoms with van der Waals surface area (Å²) in [5, 5.41) is 13.5. The molecule has 1 aromatic rings. The maximum Gasteiger partial charge on any atom is 0.257 e. The third kappa shape index (κ3) is 3.25. The van der Waals surface area contributed by atoms with Crippen LogP contribution in [-0.4, -0.2) is 40.8 Å². The Morgan fingerprint density at radius 3 is 2.84 bits per heavy atom. The minimum Gasteiger partial charge on any atom is -0.507 e. The molecule has 0 radical (unpaired) electrons. The summed E-state index contributed by atoms with van der Waals surface area (Å²) in [6.45, 7) is 4.18. The van der Waals surface area contributed by atoms with Gasteiger partial charge >= 0.3 is 0 Å². The van der Waals surface area contributed by atoms with Crippen LogP contribution in [0.3, 0.4) is 0 Å². The molecule has 0 saturated carbocycles. The Labute approximate surface area is 149 Å². The number of phenolic OH excluding ortho intramolecular Hbond substituents is 1. The van der Waals surface area contributed by atoms with E-state index in [0.29, 0.717) is 16.6 Å². The van der Waals surface area contributed by atoms with Gasteiger partial charge in [-0.1, -0.05) is 11.6 Å². The fraction of sp³-hybridized carbons (Fsp3) is 0.294. The van der Waals surface area contributed by atoms with Gasteiger partial charge in [0.2, 0.25) is 0 Å². The zero-order valence-corrected chi connectivity index (χ0v) is 14.6. The largest absolute Gasteiger partial charge is 0.507 e. The highest BCUT2D eigenvalue weighted by atomic mass is 35.5. The Morgan fingerprint density at radius 2 is 2.20 bits per heavy atom. The van der Waals surface area contributed by atoms with Crippen LogP contribution >= 0.6 is 11.6 Å². The van der Waals surface area contributed by atoms with Crippen LogP contribution in [0.25, 0.3) is 0 Å². The van der Waals surface area contributed by atoms with Crippen LogP contribution in [0.5, 0.6) is 5.75 Å². The van der Waals surface area contributed by atoms with E-state index in [1.165, 1.54) is 11.0 Å². The average molecular weight is 365 g/mol. The number of aliphatic imine (C=N–C) groups is 1. The summed E-state index contributed by atoms with van der Waals surface area (Å²) in [5.74, 6) is -0.823. The molecule has 4 N–H and O–H groups in total. The van der Waals surface area contributed by atoms with Gasteiger partial charge < -0.3 is 21.1 Å². The Balaban J connectivity index is 1.87. The maximum atomic E-state index is 13.1.